The van der Waals surface area contributed by atoms with Gasteiger partial charge in [-0.3, -0.25) is 0 Å². The molecule has 0 bridgehead atoms. The average Bonchev–Trinajstić information content (AvgIpc) is 2.67. The SMILES string of the molecule is CC(C)(C)NCCCOCCN1CCCC1. The molecule has 0 aliphatic carbocycles. The summed E-state index contributed by atoms with van der Waals surface area (Å²) >= 11 is 0. The summed E-state index contributed by atoms with van der Waals surface area (Å²) in [6.07, 6.45) is 3.85. The van der Waals surface area contributed by atoms with Crippen LogP contribution in [-0.4, -0.2) is 49.8 Å². The van der Waals surface area contributed by atoms with E-state index in [1.807, 2.05) is 0 Å². The Morgan fingerprint density at radius 3 is 2.44 bits per heavy atom. The summed E-state index contributed by atoms with van der Waals surface area (Å²) in [6.45, 7) is 13.1. The molecule has 0 radical (unpaired) electrons. The van der Waals surface area contributed by atoms with Crippen LogP contribution in [-0.2, 0) is 4.74 Å². The van der Waals surface area contributed by atoms with E-state index in [1.165, 1.54) is 25.9 Å². The Morgan fingerprint density at radius 1 is 1.12 bits per heavy atom. The van der Waals surface area contributed by atoms with Crippen molar-refractivity contribution in [2.24, 2.45) is 0 Å². The molecule has 0 atom stereocenters. The monoisotopic (exact) mass is 228 g/mol. The van der Waals surface area contributed by atoms with Crippen LogP contribution in [0.4, 0.5) is 0 Å². The molecule has 1 saturated heterocycles. The maximum absolute atomic E-state index is 5.63. The van der Waals surface area contributed by atoms with Crippen molar-refractivity contribution in [1.29, 1.82) is 0 Å². The van der Waals surface area contributed by atoms with E-state index in [-0.39, 0.29) is 5.54 Å². The van der Waals surface area contributed by atoms with E-state index in [1.54, 1.807) is 0 Å². The Labute approximate surface area is 101 Å². The molecule has 1 rings (SSSR count). The van der Waals surface area contributed by atoms with Crippen LogP contribution in [0.1, 0.15) is 40.0 Å². The Kier molecular flexibility index (Phi) is 6.32. The standard InChI is InChI=1S/C13H28N2O/c1-13(2,3)14-7-6-11-16-12-10-15-8-4-5-9-15/h14H,4-12H2,1-3H3. The van der Waals surface area contributed by atoms with E-state index < -0.39 is 0 Å². The van der Waals surface area contributed by atoms with Crippen LogP contribution in [0.15, 0.2) is 0 Å². The Morgan fingerprint density at radius 2 is 1.81 bits per heavy atom. The lowest BCUT2D eigenvalue weighted by molar-refractivity contribution is 0.108. The number of likely N-dealkylation sites (tertiary alicyclic amines) is 1. The Balaban J connectivity index is 1.81. The van der Waals surface area contributed by atoms with Crippen LogP contribution in [0.25, 0.3) is 0 Å². The highest BCUT2D eigenvalue weighted by atomic mass is 16.5. The first-order valence-corrected chi connectivity index (χ1v) is 6.63. The second-order valence-corrected chi connectivity index (χ2v) is 5.69. The molecular weight excluding hydrogens is 200 g/mol. The predicted octanol–water partition coefficient (Wildman–Crippen LogP) is 1.88. The molecule has 1 N–H and O–H groups in total. The van der Waals surface area contributed by atoms with Crippen molar-refractivity contribution >= 4 is 0 Å². The first-order valence-electron chi connectivity index (χ1n) is 6.63. The van der Waals surface area contributed by atoms with Gasteiger partial charge in [0.25, 0.3) is 0 Å². The van der Waals surface area contributed by atoms with E-state index in [9.17, 15) is 0 Å². The van der Waals surface area contributed by atoms with Gasteiger partial charge in [-0.1, -0.05) is 0 Å². The van der Waals surface area contributed by atoms with Crippen LogP contribution in [0.2, 0.25) is 0 Å². The third-order valence-electron chi connectivity index (χ3n) is 2.87. The first-order chi connectivity index (χ1) is 7.58. The molecule has 1 heterocycles. The molecule has 1 aliphatic heterocycles. The van der Waals surface area contributed by atoms with Crippen LogP contribution in [0.3, 0.4) is 0 Å². The fraction of sp³-hybridized carbons (Fsp3) is 1.00. The van der Waals surface area contributed by atoms with Crippen LogP contribution < -0.4 is 5.32 Å². The van der Waals surface area contributed by atoms with Gasteiger partial charge in [-0.25, -0.2) is 0 Å². The Bertz CT molecular complexity index is 171. The zero-order valence-corrected chi connectivity index (χ0v) is 11.2. The topological polar surface area (TPSA) is 24.5 Å². The van der Waals surface area contributed by atoms with Crippen molar-refractivity contribution < 1.29 is 4.74 Å². The van der Waals surface area contributed by atoms with Gasteiger partial charge in [0.2, 0.25) is 0 Å². The van der Waals surface area contributed by atoms with E-state index in [4.69, 9.17) is 4.74 Å². The summed E-state index contributed by atoms with van der Waals surface area (Å²) in [6, 6.07) is 0. The van der Waals surface area contributed by atoms with Crippen LogP contribution >= 0.6 is 0 Å². The second-order valence-electron chi connectivity index (χ2n) is 5.69. The largest absolute Gasteiger partial charge is 0.380 e. The molecule has 3 nitrogen and oxygen atoms in total. The summed E-state index contributed by atoms with van der Waals surface area (Å²) in [4.78, 5) is 2.49. The fourth-order valence-corrected chi connectivity index (χ4v) is 1.94. The molecule has 0 amide bonds. The van der Waals surface area contributed by atoms with Gasteiger partial charge < -0.3 is 15.0 Å². The van der Waals surface area contributed by atoms with Crippen molar-refractivity contribution in [3.05, 3.63) is 0 Å². The molecule has 1 aliphatic rings. The van der Waals surface area contributed by atoms with Crippen LogP contribution in [0, 0.1) is 0 Å². The second kappa shape index (κ2) is 7.25. The normalized spacial score (nSPS) is 18.2. The lowest BCUT2D eigenvalue weighted by Crippen LogP contribution is -2.36. The highest BCUT2D eigenvalue weighted by Gasteiger charge is 2.10. The molecule has 0 aromatic heterocycles. The maximum atomic E-state index is 5.63. The number of nitrogens with one attached hydrogen (secondary N) is 1. The molecule has 0 aromatic rings. The summed E-state index contributed by atoms with van der Waals surface area (Å²) in [7, 11) is 0. The molecule has 96 valence electrons. The van der Waals surface area contributed by atoms with E-state index in [0.29, 0.717) is 0 Å². The molecule has 0 spiro atoms. The van der Waals surface area contributed by atoms with E-state index in [2.05, 4.69) is 31.0 Å². The third-order valence-corrected chi connectivity index (χ3v) is 2.87. The number of hydrogen-bond acceptors (Lipinski definition) is 3. The highest BCUT2D eigenvalue weighted by molar-refractivity contribution is 4.69. The van der Waals surface area contributed by atoms with Gasteiger partial charge in [0.05, 0.1) is 6.61 Å². The quantitative estimate of drug-likeness (QED) is 0.673. The van der Waals surface area contributed by atoms with Gasteiger partial charge in [-0.05, 0) is 59.7 Å². The minimum absolute atomic E-state index is 0.232. The zero-order valence-electron chi connectivity index (χ0n) is 11.2. The molecule has 0 aromatic carbocycles. The Hall–Kier alpha value is -0.120. The molecule has 1 fully saturated rings. The van der Waals surface area contributed by atoms with Gasteiger partial charge in [-0.2, -0.15) is 0 Å². The van der Waals surface area contributed by atoms with E-state index in [0.717, 1.165) is 32.7 Å². The summed E-state index contributed by atoms with van der Waals surface area (Å²) in [5.74, 6) is 0. The third kappa shape index (κ3) is 7.20. The minimum Gasteiger partial charge on any atom is -0.380 e. The first kappa shape index (κ1) is 13.9. The minimum atomic E-state index is 0.232. The van der Waals surface area contributed by atoms with Crippen molar-refractivity contribution in [3.63, 3.8) is 0 Å². The van der Waals surface area contributed by atoms with Crippen molar-refractivity contribution in [2.45, 2.75) is 45.6 Å². The molecule has 16 heavy (non-hydrogen) atoms. The number of ether oxygens (including phenoxy) is 1. The zero-order chi connectivity index (χ0) is 11.9. The highest BCUT2D eigenvalue weighted by Crippen LogP contribution is 2.06. The van der Waals surface area contributed by atoms with Gasteiger partial charge in [-0.15, -0.1) is 0 Å². The van der Waals surface area contributed by atoms with Gasteiger partial charge >= 0.3 is 0 Å². The number of hydrogen-bond donors (Lipinski definition) is 1. The summed E-state index contributed by atoms with van der Waals surface area (Å²) in [5, 5.41) is 3.46. The van der Waals surface area contributed by atoms with Crippen molar-refractivity contribution in [2.75, 3.05) is 39.4 Å². The number of nitrogens with zero attached hydrogens (tertiary/aromatic N) is 1. The molecular formula is C13H28N2O. The predicted molar refractivity (Wildman–Crippen MR) is 68.9 cm³/mol. The molecule has 0 saturated carbocycles. The van der Waals surface area contributed by atoms with Gasteiger partial charge in [0.1, 0.15) is 0 Å². The van der Waals surface area contributed by atoms with Crippen LogP contribution in [0.5, 0.6) is 0 Å². The maximum Gasteiger partial charge on any atom is 0.0593 e. The van der Waals surface area contributed by atoms with E-state index >= 15 is 0 Å². The van der Waals surface area contributed by atoms with Crippen molar-refractivity contribution in [3.8, 4) is 0 Å². The summed E-state index contributed by atoms with van der Waals surface area (Å²) < 4.78 is 5.63. The smallest absolute Gasteiger partial charge is 0.0593 e. The average molecular weight is 228 g/mol. The summed E-state index contributed by atoms with van der Waals surface area (Å²) in [5.41, 5.74) is 0.232. The lowest BCUT2D eigenvalue weighted by Gasteiger charge is -2.20. The molecule has 3 heteroatoms. The van der Waals surface area contributed by atoms with Gasteiger partial charge in [0.15, 0.2) is 0 Å². The number of rotatable bonds is 7. The fourth-order valence-electron chi connectivity index (χ4n) is 1.94. The van der Waals surface area contributed by atoms with Crippen molar-refractivity contribution in [1.82, 2.24) is 10.2 Å². The lowest BCUT2D eigenvalue weighted by atomic mass is 10.1. The van der Waals surface area contributed by atoms with Gasteiger partial charge in [0, 0.05) is 18.7 Å². The molecule has 0 unspecified atom stereocenters.